The van der Waals surface area contributed by atoms with Crippen LogP contribution in [0.3, 0.4) is 0 Å². The van der Waals surface area contributed by atoms with Crippen LogP contribution in [-0.2, 0) is 18.4 Å². The Bertz CT molecular complexity index is 671. The van der Waals surface area contributed by atoms with Crippen molar-refractivity contribution < 1.29 is 4.79 Å². The smallest absolute Gasteiger partial charge is 0.300 e. The number of hydrogen-bond acceptors (Lipinski definition) is 5. The molecular formula is C10H10N4O3S. The number of aromatic nitrogens is 3. The Morgan fingerprint density at radius 3 is 2.94 bits per heavy atom. The summed E-state index contributed by atoms with van der Waals surface area (Å²) in [5, 5.41) is 4.75. The lowest BCUT2D eigenvalue weighted by molar-refractivity contribution is -0.116. The van der Waals surface area contributed by atoms with Crippen molar-refractivity contribution in [1.29, 1.82) is 0 Å². The number of amides is 1. The summed E-state index contributed by atoms with van der Waals surface area (Å²) in [6.45, 7) is -0.160. The molecule has 18 heavy (non-hydrogen) atoms. The molecule has 0 atom stereocenters. The van der Waals surface area contributed by atoms with Crippen LogP contribution in [0, 0.1) is 0 Å². The maximum Gasteiger partial charge on any atom is 0.331 e. The first-order valence-corrected chi connectivity index (χ1v) is 5.92. The first kappa shape index (κ1) is 12.2. The van der Waals surface area contributed by atoms with Crippen LogP contribution >= 0.6 is 11.3 Å². The van der Waals surface area contributed by atoms with Crippen molar-refractivity contribution >= 4 is 22.4 Å². The fourth-order valence-electron chi connectivity index (χ4n) is 1.34. The van der Waals surface area contributed by atoms with Gasteiger partial charge < -0.3 is 5.32 Å². The topological polar surface area (TPSA) is 86.0 Å². The molecular weight excluding hydrogens is 256 g/mol. The Hall–Kier alpha value is -2.22. The average Bonchev–Trinajstić information content (AvgIpc) is 2.83. The van der Waals surface area contributed by atoms with Crippen LogP contribution in [0.2, 0.25) is 0 Å². The Labute approximate surface area is 105 Å². The first-order valence-electron chi connectivity index (χ1n) is 5.04. The van der Waals surface area contributed by atoms with Crippen LogP contribution in [0.5, 0.6) is 0 Å². The lowest BCUT2D eigenvalue weighted by Gasteiger charge is -2.06. The minimum absolute atomic E-state index is 0.160. The van der Waals surface area contributed by atoms with Crippen molar-refractivity contribution in [1.82, 2.24) is 14.1 Å². The second-order valence-corrected chi connectivity index (χ2v) is 4.40. The Morgan fingerprint density at radius 2 is 2.28 bits per heavy atom. The maximum atomic E-state index is 11.7. The van der Waals surface area contributed by atoms with Gasteiger partial charge in [0.1, 0.15) is 6.54 Å². The summed E-state index contributed by atoms with van der Waals surface area (Å²) in [4.78, 5) is 38.4. The van der Waals surface area contributed by atoms with E-state index in [1.165, 1.54) is 30.6 Å². The van der Waals surface area contributed by atoms with E-state index in [2.05, 4.69) is 10.3 Å². The van der Waals surface area contributed by atoms with Crippen molar-refractivity contribution in [3.05, 3.63) is 44.7 Å². The third-order valence-corrected chi connectivity index (χ3v) is 2.94. The SMILES string of the molecule is Cn1c(=O)ccn(CC(=O)Nc2nccs2)c1=O. The minimum Gasteiger partial charge on any atom is -0.300 e. The fraction of sp³-hybridized carbons (Fsp3) is 0.200. The zero-order valence-electron chi connectivity index (χ0n) is 9.49. The molecule has 0 saturated heterocycles. The van der Waals surface area contributed by atoms with E-state index in [4.69, 9.17) is 0 Å². The van der Waals surface area contributed by atoms with E-state index in [1.807, 2.05) is 0 Å². The van der Waals surface area contributed by atoms with Gasteiger partial charge in [-0.25, -0.2) is 9.78 Å². The molecule has 7 nitrogen and oxygen atoms in total. The van der Waals surface area contributed by atoms with Gasteiger partial charge in [-0.05, 0) is 0 Å². The molecule has 2 rings (SSSR count). The predicted molar refractivity (Wildman–Crippen MR) is 66.7 cm³/mol. The number of rotatable bonds is 3. The van der Waals surface area contributed by atoms with E-state index in [1.54, 1.807) is 11.6 Å². The number of thiazole rings is 1. The summed E-state index contributed by atoms with van der Waals surface area (Å²) in [7, 11) is 1.36. The third kappa shape index (κ3) is 2.54. The van der Waals surface area contributed by atoms with Gasteiger partial charge in [-0.2, -0.15) is 0 Å². The number of carbonyl (C=O) groups excluding carboxylic acids is 1. The van der Waals surface area contributed by atoms with E-state index in [9.17, 15) is 14.4 Å². The number of anilines is 1. The van der Waals surface area contributed by atoms with Crippen molar-refractivity contribution in [3.8, 4) is 0 Å². The van der Waals surface area contributed by atoms with Crippen LogP contribution < -0.4 is 16.6 Å². The molecule has 94 valence electrons. The predicted octanol–water partition coefficient (Wildman–Crippen LogP) is -0.358. The van der Waals surface area contributed by atoms with Gasteiger partial charge in [-0.15, -0.1) is 11.3 Å². The third-order valence-electron chi connectivity index (χ3n) is 2.25. The van der Waals surface area contributed by atoms with Gasteiger partial charge in [0.2, 0.25) is 5.91 Å². The Morgan fingerprint density at radius 1 is 1.50 bits per heavy atom. The zero-order valence-corrected chi connectivity index (χ0v) is 10.3. The van der Waals surface area contributed by atoms with Crippen molar-refractivity contribution in [2.75, 3.05) is 5.32 Å². The monoisotopic (exact) mass is 266 g/mol. The summed E-state index contributed by atoms with van der Waals surface area (Å²) in [6.07, 6.45) is 2.87. The number of carbonyl (C=O) groups is 1. The first-order chi connectivity index (χ1) is 8.58. The quantitative estimate of drug-likeness (QED) is 0.822. The lowest BCUT2D eigenvalue weighted by Crippen LogP contribution is -2.38. The van der Waals surface area contributed by atoms with Crippen molar-refractivity contribution in [3.63, 3.8) is 0 Å². The van der Waals surface area contributed by atoms with Crippen LogP contribution in [0.15, 0.2) is 33.4 Å². The molecule has 8 heteroatoms. The van der Waals surface area contributed by atoms with Crippen LogP contribution in [-0.4, -0.2) is 20.0 Å². The van der Waals surface area contributed by atoms with E-state index in [0.717, 1.165) is 9.13 Å². The molecule has 0 aliphatic heterocycles. The summed E-state index contributed by atoms with van der Waals surface area (Å²) >= 11 is 1.29. The van der Waals surface area contributed by atoms with E-state index in [0.29, 0.717) is 5.13 Å². The molecule has 0 radical (unpaired) electrons. The van der Waals surface area contributed by atoms with Gasteiger partial charge >= 0.3 is 5.69 Å². The van der Waals surface area contributed by atoms with Crippen molar-refractivity contribution in [2.24, 2.45) is 7.05 Å². The second-order valence-electron chi connectivity index (χ2n) is 3.51. The minimum atomic E-state index is -0.531. The van der Waals surface area contributed by atoms with Gasteiger partial charge in [0.05, 0.1) is 0 Å². The van der Waals surface area contributed by atoms with Gasteiger partial charge in [0.15, 0.2) is 5.13 Å². The molecule has 0 saturated carbocycles. The normalized spacial score (nSPS) is 10.3. The van der Waals surface area contributed by atoms with Gasteiger partial charge in [-0.3, -0.25) is 18.7 Å². The molecule has 0 bridgehead atoms. The second kappa shape index (κ2) is 4.96. The number of hydrogen-bond donors (Lipinski definition) is 1. The molecule has 0 aliphatic carbocycles. The van der Waals surface area contributed by atoms with Crippen LogP contribution in [0.1, 0.15) is 0 Å². The summed E-state index contributed by atoms with van der Waals surface area (Å²) in [6, 6.07) is 1.23. The standard InChI is InChI=1S/C10H10N4O3S/c1-13-8(16)2-4-14(10(13)17)6-7(15)12-9-11-3-5-18-9/h2-5H,6H2,1H3,(H,11,12,15). The molecule has 0 spiro atoms. The highest BCUT2D eigenvalue weighted by Crippen LogP contribution is 2.09. The summed E-state index contributed by atoms with van der Waals surface area (Å²) in [5.74, 6) is -0.370. The number of nitrogens with one attached hydrogen (secondary N) is 1. The molecule has 2 aromatic heterocycles. The van der Waals surface area contributed by atoms with Crippen LogP contribution in [0.25, 0.3) is 0 Å². The fourth-order valence-corrected chi connectivity index (χ4v) is 1.88. The zero-order chi connectivity index (χ0) is 13.1. The van der Waals surface area contributed by atoms with E-state index in [-0.39, 0.29) is 12.5 Å². The average molecular weight is 266 g/mol. The maximum absolute atomic E-state index is 11.7. The Balaban J connectivity index is 2.15. The van der Waals surface area contributed by atoms with Crippen molar-refractivity contribution in [2.45, 2.75) is 6.54 Å². The molecule has 0 fully saturated rings. The molecule has 2 heterocycles. The van der Waals surface area contributed by atoms with Gasteiger partial charge in [-0.1, -0.05) is 0 Å². The number of nitrogens with zero attached hydrogens (tertiary/aromatic N) is 3. The molecule has 1 N–H and O–H groups in total. The van der Waals surface area contributed by atoms with E-state index < -0.39 is 11.2 Å². The summed E-state index contributed by atoms with van der Waals surface area (Å²) in [5.41, 5.74) is -0.937. The summed E-state index contributed by atoms with van der Waals surface area (Å²) < 4.78 is 2.10. The molecule has 2 aromatic rings. The highest BCUT2D eigenvalue weighted by molar-refractivity contribution is 7.13. The van der Waals surface area contributed by atoms with E-state index >= 15 is 0 Å². The highest BCUT2D eigenvalue weighted by atomic mass is 32.1. The molecule has 0 aliphatic rings. The molecule has 0 unspecified atom stereocenters. The highest BCUT2D eigenvalue weighted by Gasteiger charge is 2.08. The van der Waals surface area contributed by atoms with Gasteiger partial charge in [0, 0.05) is 30.9 Å². The molecule has 1 amide bonds. The molecule has 0 aromatic carbocycles. The largest absolute Gasteiger partial charge is 0.331 e. The Kier molecular flexibility index (Phi) is 3.38. The van der Waals surface area contributed by atoms with Gasteiger partial charge in [0.25, 0.3) is 5.56 Å². The van der Waals surface area contributed by atoms with Crippen LogP contribution in [0.4, 0.5) is 5.13 Å². The lowest BCUT2D eigenvalue weighted by atomic mass is 10.5.